The summed E-state index contributed by atoms with van der Waals surface area (Å²) >= 11 is 0. The standard InChI is InChI=1S/C18H15N2O.C5H5N.C4H9NO/c1-19-18(21)14-10-7-5-3-2-4-6-8-11-15-20-16-12-9-13-17-20;1-2-4-6-5-3-1;1-3-4(6)5-2/h15H,9,12-13,16-17H2,1H3,(H,19,21);1-5H;3H2,1-2H3,(H,5,6)/q-1;;. The normalized spacial score (nSPS) is 10.5. The van der Waals surface area contributed by atoms with E-state index in [9.17, 15) is 9.59 Å². The van der Waals surface area contributed by atoms with Crippen LogP contribution in [0.1, 0.15) is 32.6 Å². The Bertz CT molecular complexity index is 969. The Labute approximate surface area is 198 Å². The highest BCUT2D eigenvalue weighted by molar-refractivity contribution is 5.93. The van der Waals surface area contributed by atoms with E-state index < -0.39 is 0 Å². The minimum atomic E-state index is -0.378. The van der Waals surface area contributed by atoms with Crippen LogP contribution in [0.25, 0.3) is 0 Å². The fourth-order valence-electron chi connectivity index (χ4n) is 2.03. The molecule has 2 amide bonds. The molecule has 33 heavy (non-hydrogen) atoms. The van der Waals surface area contributed by atoms with Crippen LogP contribution in [0.3, 0.4) is 0 Å². The molecule has 0 bridgehead atoms. The average Bonchev–Trinajstić information content (AvgIpc) is 2.89. The third kappa shape index (κ3) is 20.8. The third-order valence-corrected chi connectivity index (χ3v) is 3.72. The molecule has 6 nitrogen and oxygen atoms in total. The monoisotopic (exact) mass is 441 g/mol. The van der Waals surface area contributed by atoms with E-state index in [0.29, 0.717) is 6.42 Å². The summed E-state index contributed by atoms with van der Waals surface area (Å²) in [5.74, 6) is 25.1. The fraction of sp³-hybridized carbons (Fsp3) is 0.333. The number of carbonyl (C=O) groups is 2. The molecule has 6 heteroatoms. The first kappa shape index (κ1) is 28.7. The van der Waals surface area contributed by atoms with Gasteiger partial charge < -0.3 is 15.5 Å². The molecule has 1 aliphatic rings. The molecule has 2 N–H and O–H groups in total. The van der Waals surface area contributed by atoms with Crippen LogP contribution in [-0.2, 0) is 9.59 Å². The molecule has 1 aliphatic heterocycles. The quantitative estimate of drug-likeness (QED) is 0.540. The van der Waals surface area contributed by atoms with Crippen molar-refractivity contribution < 1.29 is 9.59 Å². The minimum absolute atomic E-state index is 0.0926. The van der Waals surface area contributed by atoms with Gasteiger partial charge in [0.05, 0.1) is 0 Å². The highest BCUT2D eigenvalue weighted by atomic mass is 16.2. The topological polar surface area (TPSA) is 74.3 Å². The zero-order valence-corrected chi connectivity index (χ0v) is 19.4. The molecule has 1 saturated heterocycles. The van der Waals surface area contributed by atoms with Crippen molar-refractivity contribution in [2.45, 2.75) is 32.6 Å². The van der Waals surface area contributed by atoms with Crippen molar-refractivity contribution in [2.75, 3.05) is 27.2 Å². The first-order valence-electron chi connectivity index (χ1n) is 10.5. The number of pyridine rings is 1. The van der Waals surface area contributed by atoms with Gasteiger partial charge in [-0.3, -0.25) is 20.5 Å². The second kappa shape index (κ2) is 22.4. The van der Waals surface area contributed by atoms with Crippen LogP contribution >= 0.6 is 0 Å². The van der Waals surface area contributed by atoms with Gasteiger partial charge in [-0.2, -0.15) is 0 Å². The predicted octanol–water partition coefficient (Wildman–Crippen LogP) is 1.62. The first-order valence-corrected chi connectivity index (χ1v) is 10.5. The Morgan fingerprint density at radius 1 is 0.848 bits per heavy atom. The number of nitrogens with one attached hydrogen (secondary N) is 2. The Morgan fingerprint density at radius 2 is 1.42 bits per heavy atom. The summed E-state index contributed by atoms with van der Waals surface area (Å²) < 4.78 is 0. The Balaban J connectivity index is 0.000000690. The summed E-state index contributed by atoms with van der Waals surface area (Å²) in [7, 11) is 3.13. The van der Waals surface area contributed by atoms with Gasteiger partial charge in [0.2, 0.25) is 5.91 Å². The Hall–Kier alpha value is -4.28. The van der Waals surface area contributed by atoms with E-state index in [2.05, 4.69) is 79.7 Å². The van der Waals surface area contributed by atoms with E-state index in [1.54, 1.807) is 19.4 Å². The molecule has 0 spiro atoms. The van der Waals surface area contributed by atoms with Gasteiger partial charge in [0.15, 0.2) is 0 Å². The zero-order valence-electron chi connectivity index (χ0n) is 19.4. The van der Waals surface area contributed by atoms with Crippen molar-refractivity contribution in [1.29, 1.82) is 0 Å². The average molecular weight is 442 g/mol. The van der Waals surface area contributed by atoms with Crippen LogP contribution in [0.2, 0.25) is 0 Å². The molecule has 1 fully saturated rings. The molecule has 0 atom stereocenters. The molecule has 2 rings (SSSR count). The second-order valence-electron chi connectivity index (χ2n) is 6.13. The van der Waals surface area contributed by atoms with Crippen LogP contribution in [-0.4, -0.2) is 48.9 Å². The number of likely N-dealkylation sites (tertiary alicyclic amines) is 1. The molecule has 1 aromatic rings. The SMILES string of the molecule is CCC(=O)NC.CNC(=O)C#CC#CC#CC#CC#C[CH-]N1CCCCC1.c1ccncc1. The summed E-state index contributed by atoms with van der Waals surface area (Å²) in [6.07, 6.45) is 7.85. The van der Waals surface area contributed by atoms with Gasteiger partial charge in [0.1, 0.15) is 0 Å². The molecule has 1 aromatic heterocycles. The maximum Gasteiger partial charge on any atom is 0.296 e. The Morgan fingerprint density at radius 3 is 1.85 bits per heavy atom. The summed E-state index contributed by atoms with van der Waals surface area (Å²) in [6, 6.07) is 5.72. The van der Waals surface area contributed by atoms with Crippen LogP contribution in [0, 0.1) is 65.7 Å². The highest BCUT2D eigenvalue weighted by Crippen LogP contribution is 2.08. The highest BCUT2D eigenvalue weighted by Gasteiger charge is 2.03. The van der Waals surface area contributed by atoms with Crippen LogP contribution in [0.5, 0.6) is 0 Å². The van der Waals surface area contributed by atoms with Crippen molar-refractivity contribution in [1.82, 2.24) is 20.5 Å². The van der Waals surface area contributed by atoms with Gasteiger partial charge in [0, 0.05) is 38.8 Å². The smallest absolute Gasteiger partial charge is 0.296 e. The maximum absolute atomic E-state index is 10.7. The van der Waals surface area contributed by atoms with E-state index in [1.807, 2.05) is 31.7 Å². The van der Waals surface area contributed by atoms with Crippen molar-refractivity contribution in [3.8, 4) is 59.2 Å². The van der Waals surface area contributed by atoms with Crippen molar-refractivity contribution in [2.24, 2.45) is 0 Å². The zero-order chi connectivity index (χ0) is 24.4. The van der Waals surface area contributed by atoms with Crippen LogP contribution in [0.15, 0.2) is 30.6 Å². The first-order chi connectivity index (χ1) is 16.1. The number of piperidine rings is 1. The Kier molecular flexibility index (Phi) is 19.5. The summed E-state index contributed by atoms with van der Waals surface area (Å²) in [5, 5.41) is 4.83. The van der Waals surface area contributed by atoms with Gasteiger partial charge >= 0.3 is 0 Å². The number of hydrogen-bond acceptors (Lipinski definition) is 4. The molecule has 0 radical (unpaired) electrons. The summed E-state index contributed by atoms with van der Waals surface area (Å²) in [5.41, 5.74) is 0. The molecule has 0 saturated carbocycles. The number of hydrogen-bond donors (Lipinski definition) is 2. The van der Waals surface area contributed by atoms with Gasteiger partial charge in [-0.1, -0.05) is 19.4 Å². The fourth-order valence-corrected chi connectivity index (χ4v) is 2.03. The summed E-state index contributed by atoms with van der Waals surface area (Å²) in [6.45, 7) is 5.86. The van der Waals surface area contributed by atoms with Gasteiger partial charge in [0.25, 0.3) is 5.91 Å². The van der Waals surface area contributed by atoms with Crippen LogP contribution in [0.4, 0.5) is 0 Å². The number of nitrogens with zero attached hydrogens (tertiary/aromatic N) is 2. The number of rotatable bonds is 2. The number of carbonyl (C=O) groups excluding carboxylic acids is 2. The summed E-state index contributed by atoms with van der Waals surface area (Å²) in [4.78, 5) is 26.8. The lowest BCUT2D eigenvalue weighted by molar-refractivity contribution is -0.120. The largest absolute Gasteiger partial charge is 0.359 e. The van der Waals surface area contributed by atoms with E-state index in [0.717, 1.165) is 13.1 Å². The molecule has 2 heterocycles. The lowest BCUT2D eigenvalue weighted by atomic mass is 10.1. The van der Waals surface area contributed by atoms with Gasteiger partial charge in [-0.05, 0) is 73.6 Å². The van der Waals surface area contributed by atoms with Gasteiger partial charge in [-0.25, -0.2) is 5.92 Å². The number of aromatic nitrogens is 1. The lowest BCUT2D eigenvalue weighted by Gasteiger charge is -2.28. The molecule has 0 aromatic carbocycles. The number of amides is 2. The van der Waals surface area contributed by atoms with E-state index in [-0.39, 0.29) is 11.8 Å². The van der Waals surface area contributed by atoms with Crippen molar-refractivity contribution >= 4 is 11.8 Å². The molecule has 0 unspecified atom stereocenters. The third-order valence-electron chi connectivity index (χ3n) is 3.72. The van der Waals surface area contributed by atoms with Crippen LogP contribution < -0.4 is 10.6 Å². The molecule has 170 valence electrons. The predicted molar refractivity (Wildman–Crippen MR) is 131 cm³/mol. The second-order valence-corrected chi connectivity index (χ2v) is 6.13. The van der Waals surface area contributed by atoms with Gasteiger partial charge in [-0.15, -0.1) is 12.5 Å². The maximum atomic E-state index is 10.7. The minimum Gasteiger partial charge on any atom is -0.359 e. The molecular formula is C27H29N4O2-. The van der Waals surface area contributed by atoms with Crippen molar-refractivity contribution in [3.63, 3.8) is 0 Å². The van der Waals surface area contributed by atoms with E-state index >= 15 is 0 Å². The lowest BCUT2D eigenvalue weighted by Crippen LogP contribution is -2.26. The van der Waals surface area contributed by atoms with E-state index in [4.69, 9.17) is 0 Å². The molecular weight excluding hydrogens is 412 g/mol. The van der Waals surface area contributed by atoms with Crippen molar-refractivity contribution in [3.05, 3.63) is 37.1 Å². The van der Waals surface area contributed by atoms with E-state index in [1.165, 1.54) is 26.3 Å². The molecule has 0 aliphatic carbocycles.